The average Bonchev–Trinajstić information content (AvgIpc) is 2.51. The molecule has 124 valence electrons. The van der Waals surface area contributed by atoms with Crippen molar-refractivity contribution in [3.8, 4) is 5.75 Å². The molecule has 0 aliphatic rings. The number of sulfonamides is 1. The summed E-state index contributed by atoms with van der Waals surface area (Å²) in [6, 6.07) is 10.2. The predicted molar refractivity (Wildman–Crippen MR) is 88.8 cm³/mol. The maximum atomic E-state index is 13.6. The van der Waals surface area contributed by atoms with E-state index in [9.17, 15) is 12.8 Å². The smallest absolute Gasteiger partial charge is 0.262 e. The molecule has 0 heterocycles. The number of nitrogens with one attached hydrogen (secondary N) is 1. The van der Waals surface area contributed by atoms with Gasteiger partial charge in [0.15, 0.2) is 0 Å². The number of para-hydroxylation sites is 1. The molecule has 0 aliphatic heterocycles. The van der Waals surface area contributed by atoms with E-state index in [4.69, 9.17) is 4.74 Å². The van der Waals surface area contributed by atoms with Gasteiger partial charge in [-0.2, -0.15) is 0 Å². The van der Waals surface area contributed by atoms with Crippen LogP contribution in [0.5, 0.6) is 5.75 Å². The molecular formula is C17H20FNO3S. The lowest BCUT2D eigenvalue weighted by molar-refractivity contribution is 0.307. The summed E-state index contributed by atoms with van der Waals surface area (Å²) in [6.45, 7) is 4.45. The lowest BCUT2D eigenvalue weighted by Crippen LogP contribution is -2.14. The first kappa shape index (κ1) is 17.3. The van der Waals surface area contributed by atoms with Crippen LogP contribution < -0.4 is 9.46 Å². The summed E-state index contributed by atoms with van der Waals surface area (Å²) in [4.78, 5) is 0.0705. The first-order valence-corrected chi connectivity index (χ1v) is 8.93. The molecule has 23 heavy (non-hydrogen) atoms. The van der Waals surface area contributed by atoms with Gasteiger partial charge in [0.25, 0.3) is 10.0 Å². The Morgan fingerprint density at radius 3 is 2.57 bits per heavy atom. The maximum absolute atomic E-state index is 13.6. The molecule has 4 nitrogen and oxygen atoms in total. The van der Waals surface area contributed by atoms with Crippen LogP contribution in [0.15, 0.2) is 47.4 Å². The van der Waals surface area contributed by atoms with Gasteiger partial charge < -0.3 is 4.74 Å². The van der Waals surface area contributed by atoms with Gasteiger partial charge in [0.1, 0.15) is 11.6 Å². The van der Waals surface area contributed by atoms with Crippen LogP contribution in [0.4, 0.5) is 10.1 Å². The minimum absolute atomic E-state index is 0.0705. The molecule has 0 saturated heterocycles. The first-order chi connectivity index (χ1) is 10.9. The summed E-state index contributed by atoms with van der Waals surface area (Å²) in [5.41, 5.74) is 0.644. The van der Waals surface area contributed by atoms with Gasteiger partial charge in [0, 0.05) is 0 Å². The summed E-state index contributed by atoms with van der Waals surface area (Å²) < 4.78 is 46.2. The Morgan fingerprint density at radius 1 is 1.17 bits per heavy atom. The Bertz CT molecular complexity index is 775. The van der Waals surface area contributed by atoms with Crippen LogP contribution in [-0.2, 0) is 10.0 Å². The zero-order chi connectivity index (χ0) is 16.9. The Labute approximate surface area is 136 Å². The quantitative estimate of drug-likeness (QED) is 0.774. The number of benzene rings is 2. The largest absolute Gasteiger partial charge is 0.493 e. The number of rotatable bonds is 7. The zero-order valence-electron chi connectivity index (χ0n) is 13.2. The first-order valence-electron chi connectivity index (χ1n) is 7.45. The minimum Gasteiger partial charge on any atom is -0.493 e. The van der Waals surface area contributed by atoms with Gasteiger partial charge in [-0.05, 0) is 49.2 Å². The molecule has 2 aromatic carbocycles. The fourth-order valence-corrected chi connectivity index (χ4v) is 3.18. The highest BCUT2D eigenvalue weighted by atomic mass is 32.2. The molecular weight excluding hydrogens is 317 g/mol. The second-order valence-electron chi connectivity index (χ2n) is 5.21. The predicted octanol–water partition coefficient (Wildman–Crippen LogP) is 4.11. The fourth-order valence-electron chi connectivity index (χ4n) is 2.03. The topological polar surface area (TPSA) is 55.4 Å². The van der Waals surface area contributed by atoms with Gasteiger partial charge in [-0.25, -0.2) is 12.8 Å². The van der Waals surface area contributed by atoms with E-state index >= 15 is 0 Å². The lowest BCUT2D eigenvalue weighted by Gasteiger charge is -2.12. The SMILES string of the molecule is CCCCOc1ccc(S(=O)(=O)Nc2ccccc2F)cc1C. The van der Waals surface area contributed by atoms with E-state index in [2.05, 4.69) is 11.6 Å². The van der Waals surface area contributed by atoms with Crippen molar-refractivity contribution < 1.29 is 17.5 Å². The highest BCUT2D eigenvalue weighted by Gasteiger charge is 2.17. The van der Waals surface area contributed by atoms with Crippen molar-refractivity contribution in [1.82, 2.24) is 0 Å². The number of ether oxygens (including phenoxy) is 1. The van der Waals surface area contributed by atoms with Crippen LogP contribution >= 0.6 is 0 Å². The highest BCUT2D eigenvalue weighted by molar-refractivity contribution is 7.92. The molecule has 0 amide bonds. The maximum Gasteiger partial charge on any atom is 0.262 e. The van der Waals surface area contributed by atoms with E-state index in [1.54, 1.807) is 19.1 Å². The van der Waals surface area contributed by atoms with E-state index < -0.39 is 15.8 Å². The van der Waals surface area contributed by atoms with Crippen LogP contribution in [0, 0.1) is 12.7 Å². The van der Waals surface area contributed by atoms with Crippen LogP contribution in [-0.4, -0.2) is 15.0 Å². The van der Waals surface area contributed by atoms with E-state index in [0.29, 0.717) is 12.4 Å². The van der Waals surface area contributed by atoms with Crippen molar-refractivity contribution in [2.24, 2.45) is 0 Å². The standard InChI is InChI=1S/C17H20FNO3S/c1-3-4-11-22-17-10-9-14(12-13(17)2)23(20,21)19-16-8-6-5-7-15(16)18/h5-10,12,19H,3-4,11H2,1-2H3. The molecule has 1 N–H and O–H groups in total. The van der Waals surface area contributed by atoms with E-state index in [-0.39, 0.29) is 10.6 Å². The third-order valence-corrected chi connectivity index (χ3v) is 4.69. The number of halogens is 1. The van der Waals surface area contributed by atoms with Crippen molar-refractivity contribution in [3.63, 3.8) is 0 Å². The average molecular weight is 337 g/mol. The number of aryl methyl sites for hydroxylation is 1. The third kappa shape index (κ3) is 4.45. The lowest BCUT2D eigenvalue weighted by atomic mass is 10.2. The molecule has 0 radical (unpaired) electrons. The molecule has 0 bridgehead atoms. The van der Waals surface area contributed by atoms with Crippen LogP contribution in [0.3, 0.4) is 0 Å². The fraction of sp³-hybridized carbons (Fsp3) is 0.294. The van der Waals surface area contributed by atoms with Gasteiger partial charge in [0.2, 0.25) is 0 Å². The second-order valence-corrected chi connectivity index (χ2v) is 6.90. The molecule has 0 aromatic heterocycles. The Hall–Kier alpha value is -2.08. The van der Waals surface area contributed by atoms with E-state index in [1.807, 2.05) is 0 Å². The normalized spacial score (nSPS) is 11.3. The van der Waals surface area contributed by atoms with Gasteiger partial charge in [-0.3, -0.25) is 4.72 Å². The molecule has 2 aromatic rings. The van der Waals surface area contributed by atoms with E-state index in [1.165, 1.54) is 30.3 Å². The monoisotopic (exact) mass is 337 g/mol. The number of hydrogen-bond acceptors (Lipinski definition) is 3. The van der Waals surface area contributed by atoms with Gasteiger partial charge in [0.05, 0.1) is 17.2 Å². The van der Waals surface area contributed by atoms with Crippen LogP contribution in [0.25, 0.3) is 0 Å². The summed E-state index contributed by atoms with van der Waals surface area (Å²) in [5, 5.41) is 0. The summed E-state index contributed by atoms with van der Waals surface area (Å²) >= 11 is 0. The molecule has 2 rings (SSSR count). The summed E-state index contributed by atoms with van der Waals surface area (Å²) in [7, 11) is -3.85. The Morgan fingerprint density at radius 2 is 1.91 bits per heavy atom. The van der Waals surface area contributed by atoms with Crippen molar-refractivity contribution in [3.05, 3.63) is 53.8 Å². The highest BCUT2D eigenvalue weighted by Crippen LogP contribution is 2.24. The second kappa shape index (κ2) is 7.46. The van der Waals surface area contributed by atoms with Gasteiger partial charge >= 0.3 is 0 Å². The minimum atomic E-state index is -3.85. The molecule has 0 atom stereocenters. The zero-order valence-corrected chi connectivity index (χ0v) is 14.0. The van der Waals surface area contributed by atoms with Gasteiger partial charge in [-0.1, -0.05) is 25.5 Å². The summed E-state index contributed by atoms with van der Waals surface area (Å²) in [6.07, 6.45) is 1.96. The number of hydrogen-bond donors (Lipinski definition) is 1. The Kier molecular flexibility index (Phi) is 5.60. The number of anilines is 1. The molecule has 0 aliphatic carbocycles. The van der Waals surface area contributed by atoms with Crippen molar-refractivity contribution in [1.29, 1.82) is 0 Å². The van der Waals surface area contributed by atoms with E-state index in [0.717, 1.165) is 18.4 Å². The van der Waals surface area contributed by atoms with Crippen molar-refractivity contribution in [2.75, 3.05) is 11.3 Å². The summed E-state index contributed by atoms with van der Waals surface area (Å²) in [5.74, 6) is 0.0376. The third-order valence-electron chi connectivity index (χ3n) is 3.33. The molecule has 0 spiro atoms. The number of unbranched alkanes of at least 4 members (excludes halogenated alkanes) is 1. The molecule has 6 heteroatoms. The van der Waals surface area contributed by atoms with Crippen molar-refractivity contribution >= 4 is 15.7 Å². The van der Waals surface area contributed by atoms with Crippen molar-refractivity contribution in [2.45, 2.75) is 31.6 Å². The van der Waals surface area contributed by atoms with Crippen LogP contribution in [0.1, 0.15) is 25.3 Å². The molecule has 0 fully saturated rings. The molecule has 0 unspecified atom stereocenters. The van der Waals surface area contributed by atoms with Crippen LogP contribution in [0.2, 0.25) is 0 Å². The Balaban J connectivity index is 2.20. The van der Waals surface area contributed by atoms with Gasteiger partial charge in [-0.15, -0.1) is 0 Å². The molecule has 0 saturated carbocycles.